The first-order chi connectivity index (χ1) is 12.9. The lowest BCUT2D eigenvalue weighted by Gasteiger charge is -2.34. The van der Waals surface area contributed by atoms with Crippen LogP contribution < -0.4 is 4.90 Å². The predicted octanol–water partition coefficient (Wildman–Crippen LogP) is 3.50. The molecular formula is C17H17F3N6O. The smallest absolute Gasteiger partial charge is 0.354 e. The Morgan fingerprint density at radius 2 is 2.11 bits per heavy atom. The summed E-state index contributed by atoms with van der Waals surface area (Å²) in [6.07, 6.45) is 0.171. The monoisotopic (exact) mass is 378 g/mol. The van der Waals surface area contributed by atoms with E-state index in [1.54, 1.807) is 19.2 Å². The quantitative estimate of drug-likeness (QED) is 0.695. The molecule has 0 saturated carbocycles. The highest BCUT2D eigenvalue weighted by molar-refractivity contribution is 5.69. The molecule has 10 heteroatoms. The number of pyridine rings is 1. The summed E-state index contributed by atoms with van der Waals surface area (Å²) in [5.74, 6) is 1.57. The molecule has 4 heterocycles. The molecule has 0 bridgehead atoms. The van der Waals surface area contributed by atoms with Gasteiger partial charge in [0, 0.05) is 25.5 Å². The third-order valence-electron chi connectivity index (χ3n) is 4.51. The maximum absolute atomic E-state index is 12.8. The standard InChI is InChI=1S/C17H17F3N6O/c1-11-22-16(27-24-11)13-5-2-7-21-15(13)25-8-3-4-12(10-25)26-9-6-14(23-26)17(18,19)20/h2,5-7,9,12H,3-4,8,10H2,1H3. The number of rotatable bonds is 3. The van der Waals surface area contributed by atoms with Gasteiger partial charge >= 0.3 is 6.18 Å². The van der Waals surface area contributed by atoms with Crippen LogP contribution in [-0.2, 0) is 6.18 Å². The van der Waals surface area contributed by atoms with Crippen LogP contribution in [0.4, 0.5) is 19.0 Å². The van der Waals surface area contributed by atoms with Gasteiger partial charge in [0.05, 0.1) is 11.6 Å². The molecule has 0 spiro atoms. The van der Waals surface area contributed by atoms with Gasteiger partial charge in [-0.2, -0.15) is 23.3 Å². The number of alkyl halides is 3. The molecular weight excluding hydrogens is 361 g/mol. The van der Waals surface area contributed by atoms with Crippen molar-refractivity contribution in [1.82, 2.24) is 24.9 Å². The number of aryl methyl sites for hydroxylation is 1. The Hall–Kier alpha value is -2.91. The SMILES string of the molecule is Cc1noc(-c2cccnc2N2CCCC(n3ccc(C(F)(F)F)n3)C2)n1. The number of piperidine rings is 1. The van der Waals surface area contributed by atoms with E-state index in [1.165, 1.54) is 10.9 Å². The highest BCUT2D eigenvalue weighted by atomic mass is 19.4. The summed E-state index contributed by atoms with van der Waals surface area (Å²) in [5.41, 5.74) is -0.172. The Kier molecular flexibility index (Phi) is 4.33. The molecule has 0 aliphatic carbocycles. The molecule has 1 aliphatic heterocycles. The van der Waals surface area contributed by atoms with Crippen molar-refractivity contribution >= 4 is 5.82 Å². The molecule has 1 aliphatic rings. The fourth-order valence-electron chi connectivity index (χ4n) is 3.28. The fraction of sp³-hybridized carbons (Fsp3) is 0.412. The van der Waals surface area contributed by atoms with Crippen LogP contribution >= 0.6 is 0 Å². The van der Waals surface area contributed by atoms with Gasteiger partial charge in [-0.25, -0.2) is 4.98 Å². The Labute approximate surface area is 152 Å². The third-order valence-corrected chi connectivity index (χ3v) is 4.51. The molecule has 0 radical (unpaired) electrons. The zero-order valence-corrected chi connectivity index (χ0v) is 14.5. The van der Waals surface area contributed by atoms with Crippen LogP contribution in [0.2, 0.25) is 0 Å². The lowest BCUT2D eigenvalue weighted by molar-refractivity contribution is -0.141. The number of hydrogen-bond donors (Lipinski definition) is 0. The molecule has 1 unspecified atom stereocenters. The molecule has 0 N–H and O–H groups in total. The van der Waals surface area contributed by atoms with Crippen molar-refractivity contribution in [3.63, 3.8) is 0 Å². The van der Waals surface area contributed by atoms with E-state index in [0.29, 0.717) is 29.6 Å². The first-order valence-electron chi connectivity index (χ1n) is 8.55. The molecule has 3 aromatic heterocycles. The second-order valence-electron chi connectivity index (χ2n) is 6.44. The zero-order chi connectivity index (χ0) is 19.0. The van der Waals surface area contributed by atoms with E-state index in [2.05, 4.69) is 20.2 Å². The van der Waals surface area contributed by atoms with E-state index < -0.39 is 11.9 Å². The minimum Gasteiger partial charge on any atom is -0.354 e. The predicted molar refractivity (Wildman–Crippen MR) is 90.0 cm³/mol. The first-order valence-corrected chi connectivity index (χ1v) is 8.55. The fourth-order valence-corrected chi connectivity index (χ4v) is 3.28. The molecule has 4 rings (SSSR count). The van der Waals surface area contributed by atoms with E-state index in [4.69, 9.17) is 4.52 Å². The van der Waals surface area contributed by atoms with Crippen molar-refractivity contribution in [2.45, 2.75) is 32.0 Å². The Morgan fingerprint density at radius 1 is 1.26 bits per heavy atom. The van der Waals surface area contributed by atoms with Crippen molar-refractivity contribution in [3.8, 4) is 11.5 Å². The normalized spacial score (nSPS) is 18.1. The minimum atomic E-state index is -4.44. The van der Waals surface area contributed by atoms with E-state index in [1.807, 2.05) is 11.0 Å². The van der Waals surface area contributed by atoms with Crippen LogP contribution in [0, 0.1) is 6.92 Å². The maximum atomic E-state index is 12.8. The molecule has 1 atom stereocenters. The molecule has 7 nitrogen and oxygen atoms in total. The number of anilines is 1. The maximum Gasteiger partial charge on any atom is 0.435 e. The van der Waals surface area contributed by atoms with Crippen LogP contribution in [-0.4, -0.2) is 38.0 Å². The van der Waals surface area contributed by atoms with Gasteiger partial charge in [-0.15, -0.1) is 0 Å². The lowest BCUT2D eigenvalue weighted by atomic mass is 10.1. The van der Waals surface area contributed by atoms with Gasteiger partial charge in [0.15, 0.2) is 11.5 Å². The average molecular weight is 378 g/mol. The van der Waals surface area contributed by atoms with Crippen molar-refractivity contribution in [2.24, 2.45) is 0 Å². The van der Waals surface area contributed by atoms with E-state index >= 15 is 0 Å². The topological polar surface area (TPSA) is 72.9 Å². The average Bonchev–Trinajstić information content (AvgIpc) is 3.31. The summed E-state index contributed by atoms with van der Waals surface area (Å²) in [6, 6.07) is 4.46. The van der Waals surface area contributed by atoms with Gasteiger partial charge < -0.3 is 9.42 Å². The highest BCUT2D eigenvalue weighted by Gasteiger charge is 2.35. The Bertz CT molecular complexity index is 935. The molecule has 1 saturated heterocycles. The molecule has 27 heavy (non-hydrogen) atoms. The number of hydrogen-bond acceptors (Lipinski definition) is 6. The molecule has 0 amide bonds. The zero-order valence-electron chi connectivity index (χ0n) is 14.5. The summed E-state index contributed by atoms with van der Waals surface area (Å²) >= 11 is 0. The van der Waals surface area contributed by atoms with Crippen LogP contribution in [0.25, 0.3) is 11.5 Å². The van der Waals surface area contributed by atoms with Gasteiger partial charge in [0.2, 0.25) is 0 Å². The van der Waals surface area contributed by atoms with Crippen LogP contribution in [0.3, 0.4) is 0 Å². The van der Waals surface area contributed by atoms with Crippen molar-refractivity contribution < 1.29 is 17.7 Å². The van der Waals surface area contributed by atoms with E-state index in [-0.39, 0.29) is 6.04 Å². The third kappa shape index (κ3) is 3.51. The Morgan fingerprint density at radius 3 is 2.81 bits per heavy atom. The van der Waals surface area contributed by atoms with Gasteiger partial charge in [-0.3, -0.25) is 4.68 Å². The highest BCUT2D eigenvalue weighted by Crippen LogP contribution is 2.33. The summed E-state index contributed by atoms with van der Waals surface area (Å²) in [4.78, 5) is 10.7. The van der Waals surface area contributed by atoms with Crippen LogP contribution in [0.1, 0.15) is 30.4 Å². The van der Waals surface area contributed by atoms with Gasteiger partial charge in [-0.05, 0) is 38.0 Å². The second kappa shape index (κ2) is 6.67. The second-order valence-corrected chi connectivity index (χ2v) is 6.44. The van der Waals surface area contributed by atoms with Crippen molar-refractivity contribution in [2.75, 3.05) is 18.0 Å². The molecule has 3 aromatic rings. The Balaban J connectivity index is 1.60. The first kappa shape index (κ1) is 17.5. The molecule has 1 fully saturated rings. The molecule has 0 aromatic carbocycles. The summed E-state index contributed by atoms with van der Waals surface area (Å²) in [6.45, 7) is 2.97. The largest absolute Gasteiger partial charge is 0.435 e. The van der Waals surface area contributed by atoms with Crippen molar-refractivity contribution in [1.29, 1.82) is 0 Å². The van der Waals surface area contributed by atoms with E-state index in [9.17, 15) is 13.2 Å². The summed E-state index contributed by atoms with van der Waals surface area (Å²) in [7, 11) is 0. The minimum absolute atomic E-state index is 0.172. The van der Waals surface area contributed by atoms with Gasteiger partial charge in [0.1, 0.15) is 5.82 Å². The van der Waals surface area contributed by atoms with Crippen LogP contribution in [0.15, 0.2) is 35.1 Å². The number of nitrogens with zero attached hydrogens (tertiary/aromatic N) is 6. The lowest BCUT2D eigenvalue weighted by Crippen LogP contribution is -2.37. The van der Waals surface area contributed by atoms with Crippen LogP contribution in [0.5, 0.6) is 0 Å². The van der Waals surface area contributed by atoms with E-state index in [0.717, 1.165) is 25.5 Å². The number of aromatic nitrogens is 5. The summed E-state index contributed by atoms with van der Waals surface area (Å²) in [5, 5.41) is 7.54. The van der Waals surface area contributed by atoms with Crippen molar-refractivity contribution in [3.05, 3.63) is 42.1 Å². The summed E-state index contributed by atoms with van der Waals surface area (Å²) < 4.78 is 45.2. The molecule has 142 valence electrons. The van der Waals surface area contributed by atoms with Gasteiger partial charge in [-0.1, -0.05) is 5.16 Å². The van der Waals surface area contributed by atoms with Gasteiger partial charge in [0.25, 0.3) is 5.89 Å². The number of halogens is 3.